The third-order valence-electron chi connectivity index (χ3n) is 24.4. The van der Waals surface area contributed by atoms with Crippen molar-refractivity contribution in [2.75, 3.05) is 0 Å². The zero-order valence-electron chi connectivity index (χ0n) is 65.4. The van der Waals surface area contributed by atoms with Crippen LogP contribution in [-0.4, -0.2) is 40.4 Å². The monoisotopic (exact) mass is 1330 g/mol. The van der Waals surface area contributed by atoms with Gasteiger partial charge < -0.3 is 0 Å². The van der Waals surface area contributed by atoms with Gasteiger partial charge in [0.05, 0.1) is 40.4 Å². The van der Waals surface area contributed by atoms with Crippen LogP contribution in [0.2, 0.25) is 121 Å². The SMILES string of the molecule is CCCCCC[Si](CCCCCC)(CCCCCC)CCC[Si](CCC[Si](CCCCCC)(CCCCCC)CCCCCC)(CCC[Si](CCCCCC)(CCCCCC)CCCCCC)CCC[Si](CCCCCC)(CCCCCC)CCCCCC. The minimum Gasteiger partial charge on any atom is -0.0654 e. The van der Waals surface area contributed by atoms with Crippen molar-refractivity contribution < 1.29 is 0 Å². The van der Waals surface area contributed by atoms with Crippen LogP contribution in [0.15, 0.2) is 0 Å². The maximum Gasteiger partial charge on any atom is 0.0535 e. The smallest absolute Gasteiger partial charge is 0.0535 e. The summed E-state index contributed by atoms with van der Waals surface area (Å²) in [6, 6.07) is 34.5. The Kier molecular flexibility index (Phi) is 65.8. The molecule has 5 heteroatoms. The van der Waals surface area contributed by atoms with Crippen LogP contribution in [0.1, 0.15) is 417 Å². The molecular formula is C84H180Si5. The van der Waals surface area contributed by atoms with E-state index in [0.29, 0.717) is 0 Å². The van der Waals surface area contributed by atoms with Gasteiger partial charge in [-0.15, -0.1) is 0 Å². The standard InChI is InChI=1S/C84H180Si5/c1-13-25-37-49-65-85(66-50-38-26-14-2,67-51-39-27-15-3)77-61-81-89(82-62-78-86(68-52-40-28-16-4,69-53-41-29-17-5)70-54-42-30-18-6,83-63-79-87(71-55-43-31-19-7,72-56-44-32-20-8)73-57-45-33-21-9)84-64-80-88(74-58-46-34-22-10,75-59-47-35-23-11)76-60-48-36-24-12/h13-84H2,1-12H3. The summed E-state index contributed by atoms with van der Waals surface area (Å²) in [5, 5.41) is 0. The molecule has 0 fully saturated rings. The highest BCUT2D eigenvalue weighted by molar-refractivity contribution is 6.83. The van der Waals surface area contributed by atoms with Crippen LogP contribution in [0.5, 0.6) is 0 Å². The predicted octanol–water partition coefficient (Wildman–Crippen LogP) is 33.8. The Morgan fingerprint density at radius 2 is 0.169 bits per heavy atom. The van der Waals surface area contributed by atoms with E-state index in [1.807, 2.05) is 0 Å². The molecule has 0 aliphatic heterocycles. The van der Waals surface area contributed by atoms with E-state index in [-0.39, 0.29) is 0 Å². The molecule has 0 aliphatic carbocycles. The molecule has 0 N–H and O–H groups in total. The second-order valence-electron chi connectivity index (χ2n) is 32.6. The fraction of sp³-hybridized carbons (Fsp3) is 1.00. The first-order valence-electron chi connectivity index (χ1n) is 43.6. The summed E-state index contributed by atoms with van der Waals surface area (Å²) in [6.45, 7) is 29.6. The van der Waals surface area contributed by atoms with Gasteiger partial charge in [-0.3, -0.25) is 0 Å². The van der Waals surface area contributed by atoms with Crippen LogP contribution in [0.25, 0.3) is 0 Å². The highest BCUT2D eigenvalue weighted by Gasteiger charge is 2.40. The van der Waals surface area contributed by atoms with E-state index in [2.05, 4.69) is 83.1 Å². The summed E-state index contributed by atoms with van der Waals surface area (Å²) in [6.07, 6.45) is 78.5. The number of unbranched alkanes of at least 4 members (excludes halogenated alkanes) is 36. The summed E-state index contributed by atoms with van der Waals surface area (Å²) < 4.78 is 0. The Morgan fingerprint density at radius 3 is 0.247 bits per heavy atom. The van der Waals surface area contributed by atoms with Gasteiger partial charge >= 0.3 is 0 Å². The Balaban J connectivity index is 8.49. The Bertz CT molecular complexity index is 1050. The van der Waals surface area contributed by atoms with Crippen LogP contribution < -0.4 is 0 Å². The lowest BCUT2D eigenvalue weighted by Crippen LogP contribution is -2.40. The first kappa shape index (κ1) is 90.1. The molecule has 0 aromatic heterocycles. The second-order valence-corrected chi connectivity index (χ2v) is 57.6. The summed E-state index contributed by atoms with van der Waals surface area (Å²) in [4.78, 5) is 0. The van der Waals surface area contributed by atoms with E-state index < -0.39 is 40.4 Å². The minimum atomic E-state index is -1.63. The van der Waals surface area contributed by atoms with Crippen LogP contribution in [0.4, 0.5) is 0 Å². The van der Waals surface area contributed by atoms with E-state index in [1.54, 1.807) is 224 Å². The lowest BCUT2D eigenvalue weighted by atomic mass is 10.2. The third kappa shape index (κ3) is 49.3. The van der Waals surface area contributed by atoms with Gasteiger partial charge in [-0.05, 0) is 0 Å². The molecule has 0 amide bonds. The van der Waals surface area contributed by atoms with Crippen molar-refractivity contribution in [2.45, 2.75) is 538 Å². The molecule has 0 aromatic carbocycles. The van der Waals surface area contributed by atoms with Crippen LogP contribution in [-0.2, 0) is 0 Å². The molecule has 0 radical (unpaired) electrons. The van der Waals surface area contributed by atoms with E-state index in [1.165, 1.54) is 231 Å². The highest BCUT2D eigenvalue weighted by Crippen LogP contribution is 2.45. The van der Waals surface area contributed by atoms with Crippen molar-refractivity contribution in [1.82, 2.24) is 0 Å². The zero-order valence-corrected chi connectivity index (χ0v) is 70.4. The van der Waals surface area contributed by atoms with Crippen LogP contribution in [0, 0.1) is 0 Å². The van der Waals surface area contributed by atoms with Gasteiger partial charge in [-0.1, -0.05) is 538 Å². The number of hydrogen-bond acceptors (Lipinski definition) is 0. The van der Waals surface area contributed by atoms with E-state index in [4.69, 9.17) is 0 Å². The molecule has 0 aromatic rings. The summed E-state index contributed by atoms with van der Waals surface area (Å²) in [7, 11) is -7.17. The lowest BCUT2D eigenvalue weighted by molar-refractivity contribution is 0.658. The van der Waals surface area contributed by atoms with Gasteiger partial charge in [0.1, 0.15) is 0 Å². The molecule has 536 valence electrons. The van der Waals surface area contributed by atoms with Crippen LogP contribution >= 0.6 is 0 Å². The average Bonchev–Trinajstić information content (AvgIpc) is 2.18. The third-order valence-corrected chi connectivity index (χ3v) is 52.7. The lowest BCUT2D eigenvalue weighted by Gasteiger charge is -2.40. The number of rotatable bonds is 76. The Morgan fingerprint density at radius 1 is 0.0899 bits per heavy atom. The second kappa shape index (κ2) is 65.0. The van der Waals surface area contributed by atoms with E-state index >= 15 is 0 Å². The van der Waals surface area contributed by atoms with Crippen molar-refractivity contribution in [3.05, 3.63) is 0 Å². The van der Waals surface area contributed by atoms with Gasteiger partial charge in [0.15, 0.2) is 0 Å². The Labute approximate surface area is 574 Å². The van der Waals surface area contributed by atoms with Gasteiger partial charge in [-0.2, -0.15) is 0 Å². The average molecular weight is 1330 g/mol. The molecule has 0 rings (SSSR count). The molecule has 0 bridgehead atoms. The molecule has 89 heavy (non-hydrogen) atoms. The first-order valence-corrected chi connectivity index (χ1v) is 57.7. The molecule has 0 atom stereocenters. The predicted molar refractivity (Wildman–Crippen MR) is 433 cm³/mol. The zero-order chi connectivity index (χ0) is 65.4. The van der Waals surface area contributed by atoms with Gasteiger partial charge in [0.2, 0.25) is 0 Å². The molecule has 0 saturated carbocycles. The minimum absolute atomic E-state index is 1.38. The van der Waals surface area contributed by atoms with Crippen molar-refractivity contribution in [3.63, 3.8) is 0 Å². The largest absolute Gasteiger partial charge is 0.0654 e. The van der Waals surface area contributed by atoms with Crippen LogP contribution in [0.3, 0.4) is 0 Å². The summed E-state index contributed by atoms with van der Waals surface area (Å²) in [5.41, 5.74) is 0. The molecular weight excluding hydrogens is 1150 g/mol. The molecule has 0 heterocycles. The highest BCUT2D eigenvalue weighted by atomic mass is 28.3. The van der Waals surface area contributed by atoms with Gasteiger partial charge in [0.25, 0.3) is 0 Å². The molecule has 0 unspecified atom stereocenters. The van der Waals surface area contributed by atoms with Gasteiger partial charge in [0, 0.05) is 0 Å². The summed E-state index contributed by atoms with van der Waals surface area (Å²) in [5.74, 6) is 0. The van der Waals surface area contributed by atoms with E-state index in [9.17, 15) is 0 Å². The normalized spacial score (nSPS) is 12.8. The molecule has 0 nitrogen and oxygen atoms in total. The molecule has 0 aliphatic rings. The first-order chi connectivity index (χ1) is 43.6. The summed E-state index contributed by atoms with van der Waals surface area (Å²) >= 11 is 0. The van der Waals surface area contributed by atoms with Gasteiger partial charge in [-0.25, -0.2) is 0 Å². The van der Waals surface area contributed by atoms with Crippen molar-refractivity contribution in [2.24, 2.45) is 0 Å². The molecule has 0 saturated heterocycles. The Hall–Kier alpha value is 1.08. The number of hydrogen-bond donors (Lipinski definition) is 0. The van der Waals surface area contributed by atoms with Crippen molar-refractivity contribution in [3.8, 4) is 0 Å². The maximum absolute atomic E-state index is 2.47. The fourth-order valence-corrected chi connectivity index (χ4v) is 46.6. The molecule has 0 spiro atoms. The van der Waals surface area contributed by atoms with Crippen molar-refractivity contribution >= 4 is 40.4 Å². The quantitative estimate of drug-likeness (QED) is 0.0421. The van der Waals surface area contributed by atoms with E-state index in [0.717, 1.165) is 0 Å². The fourth-order valence-electron chi connectivity index (χ4n) is 18.2. The van der Waals surface area contributed by atoms with Crippen molar-refractivity contribution in [1.29, 1.82) is 0 Å². The maximum atomic E-state index is 2.47. The topological polar surface area (TPSA) is 0 Å².